The van der Waals surface area contributed by atoms with E-state index < -0.39 is 0 Å². The molecule has 1 heterocycles. The van der Waals surface area contributed by atoms with Crippen LogP contribution in [-0.2, 0) is 6.61 Å². The molecule has 2 aromatic rings. The van der Waals surface area contributed by atoms with Crippen molar-refractivity contribution in [2.75, 3.05) is 7.11 Å². The molecule has 19 heavy (non-hydrogen) atoms. The number of rotatable bonds is 4. The molecule has 96 valence electrons. The molecule has 0 saturated heterocycles. The van der Waals surface area contributed by atoms with Gasteiger partial charge in [0.15, 0.2) is 0 Å². The number of ether oxygens (including phenoxy) is 2. The summed E-state index contributed by atoms with van der Waals surface area (Å²) >= 11 is 5.88. The predicted octanol–water partition coefficient (Wildman–Crippen LogP) is 3.19. The smallest absolute Gasteiger partial charge is 0.213 e. The second-order valence-electron chi connectivity index (χ2n) is 3.71. The molecule has 4 nitrogen and oxygen atoms in total. The molecule has 0 saturated carbocycles. The van der Waals surface area contributed by atoms with E-state index in [9.17, 15) is 0 Å². The molecule has 2 rings (SSSR count). The van der Waals surface area contributed by atoms with Crippen LogP contribution in [0.25, 0.3) is 0 Å². The number of halogens is 1. The van der Waals surface area contributed by atoms with Gasteiger partial charge in [0.2, 0.25) is 5.88 Å². The van der Waals surface area contributed by atoms with Crippen molar-refractivity contribution < 1.29 is 9.47 Å². The van der Waals surface area contributed by atoms with Gasteiger partial charge < -0.3 is 9.47 Å². The van der Waals surface area contributed by atoms with Gasteiger partial charge in [-0.3, -0.25) is 0 Å². The molecule has 0 radical (unpaired) electrons. The summed E-state index contributed by atoms with van der Waals surface area (Å²) < 4.78 is 10.6. The third-order valence-electron chi connectivity index (χ3n) is 2.43. The van der Waals surface area contributed by atoms with E-state index in [1.54, 1.807) is 31.4 Å². The summed E-state index contributed by atoms with van der Waals surface area (Å²) in [5.74, 6) is 0.965. The van der Waals surface area contributed by atoms with Crippen molar-refractivity contribution >= 4 is 11.6 Å². The fourth-order valence-electron chi connectivity index (χ4n) is 1.51. The normalized spacial score (nSPS) is 9.74. The second-order valence-corrected chi connectivity index (χ2v) is 4.15. The molecule has 0 unspecified atom stereocenters. The van der Waals surface area contributed by atoms with Crippen LogP contribution in [0.3, 0.4) is 0 Å². The highest BCUT2D eigenvalue weighted by Crippen LogP contribution is 2.23. The van der Waals surface area contributed by atoms with Crippen LogP contribution in [-0.4, -0.2) is 12.1 Å². The number of methoxy groups -OCH3 is 1. The zero-order valence-electron chi connectivity index (χ0n) is 10.3. The van der Waals surface area contributed by atoms with Crippen molar-refractivity contribution in [2.45, 2.75) is 6.61 Å². The number of pyridine rings is 1. The molecule has 0 spiro atoms. The van der Waals surface area contributed by atoms with Crippen LogP contribution in [0, 0.1) is 11.3 Å². The summed E-state index contributed by atoms with van der Waals surface area (Å²) in [6.45, 7) is 0.242. The Bertz CT molecular complexity index is 623. The first-order chi connectivity index (χ1) is 9.22. The van der Waals surface area contributed by atoms with Gasteiger partial charge in [-0.2, -0.15) is 5.26 Å². The summed E-state index contributed by atoms with van der Waals surface area (Å²) in [7, 11) is 1.55. The molecule has 0 amide bonds. The lowest BCUT2D eigenvalue weighted by Gasteiger charge is -2.08. The predicted molar refractivity (Wildman–Crippen MR) is 71.3 cm³/mol. The molecular weight excluding hydrogens is 264 g/mol. The molecule has 0 aliphatic heterocycles. The topological polar surface area (TPSA) is 55.1 Å². The Morgan fingerprint density at radius 1 is 1.32 bits per heavy atom. The third kappa shape index (κ3) is 3.36. The maximum atomic E-state index is 8.98. The van der Waals surface area contributed by atoms with Gasteiger partial charge in [-0.05, 0) is 18.2 Å². The molecule has 1 aromatic heterocycles. The minimum absolute atomic E-state index is 0.242. The SMILES string of the molecule is COc1cccc(COc2cc(Cl)ccc2C#N)n1. The largest absolute Gasteiger partial charge is 0.486 e. The monoisotopic (exact) mass is 274 g/mol. The minimum atomic E-state index is 0.242. The second kappa shape index (κ2) is 6.07. The van der Waals surface area contributed by atoms with Gasteiger partial charge in [0.05, 0.1) is 18.4 Å². The van der Waals surface area contributed by atoms with Gasteiger partial charge in [0.25, 0.3) is 0 Å². The summed E-state index contributed by atoms with van der Waals surface area (Å²) in [5, 5.41) is 9.50. The summed E-state index contributed by atoms with van der Waals surface area (Å²) in [4.78, 5) is 4.22. The highest BCUT2D eigenvalue weighted by molar-refractivity contribution is 6.30. The fraction of sp³-hybridized carbons (Fsp3) is 0.143. The summed E-state index contributed by atoms with van der Waals surface area (Å²) in [6, 6.07) is 12.3. The number of aromatic nitrogens is 1. The molecule has 0 N–H and O–H groups in total. The van der Waals surface area contributed by atoms with Crippen molar-refractivity contribution in [3.05, 3.63) is 52.7 Å². The van der Waals surface area contributed by atoms with Crippen LogP contribution < -0.4 is 9.47 Å². The van der Waals surface area contributed by atoms with Gasteiger partial charge in [0.1, 0.15) is 18.4 Å². The van der Waals surface area contributed by atoms with Crippen LogP contribution in [0.5, 0.6) is 11.6 Å². The van der Waals surface area contributed by atoms with Gasteiger partial charge in [-0.25, -0.2) is 4.98 Å². The standard InChI is InChI=1S/C14H11ClN2O2/c1-18-14-4-2-3-12(17-14)9-19-13-7-11(15)6-5-10(13)8-16/h2-7H,9H2,1H3. The first-order valence-corrected chi connectivity index (χ1v) is 5.93. The molecule has 0 atom stereocenters. The number of nitrogens with zero attached hydrogens (tertiary/aromatic N) is 2. The van der Waals surface area contributed by atoms with Crippen LogP contribution >= 0.6 is 11.6 Å². The van der Waals surface area contributed by atoms with Crippen molar-refractivity contribution in [2.24, 2.45) is 0 Å². The molecule has 5 heteroatoms. The van der Waals surface area contributed by atoms with E-state index in [1.807, 2.05) is 12.1 Å². The Morgan fingerprint density at radius 2 is 2.16 bits per heavy atom. The molecule has 0 aliphatic carbocycles. The van der Waals surface area contributed by atoms with Crippen molar-refractivity contribution in [1.82, 2.24) is 4.98 Å². The van der Waals surface area contributed by atoms with Crippen LogP contribution in [0.2, 0.25) is 5.02 Å². The van der Waals surface area contributed by atoms with Crippen molar-refractivity contribution in [1.29, 1.82) is 5.26 Å². The molecule has 0 aliphatic rings. The zero-order chi connectivity index (χ0) is 13.7. The number of hydrogen-bond acceptors (Lipinski definition) is 4. The number of benzene rings is 1. The Kier molecular flexibility index (Phi) is 4.22. The van der Waals surface area contributed by atoms with E-state index in [-0.39, 0.29) is 6.61 Å². The first-order valence-electron chi connectivity index (χ1n) is 5.55. The van der Waals surface area contributed by atoms with Crippen molar-refractivity contribution in [3.8, 4) is 17.7 Å². The van der Waals surface area contributed by atoms with E-state index in [2.05, 4.69) is 11.1 Å². The Labute approximate surface area is 116 Å². The lowest BCUT2D eigenvalue weighted by molar-refractivity contribution is 0.297. The Morgan fingerprint density at radius 3 is 2.89 bits per heavy atom. The van der Waals surface area contributed by atoms with Crippen LogP contribution in [0.1, 0.15) is 11.3 Å². The minimum Gasteiger partial charge on any atom is -0.486 e. The van der Waals surface area contributed by atoms with E-state index in [0.717, 1.165) is 0 Å². The van der Waals surface area contributed by atoms with E-state index in [0.29, 0.717) is 27.9 Å². The maximum Gasteiger partial charge on any atom is 0.213 e. The van der Waals surface area contributed by atoms with Crippen molar-refractivity contribution in [3.63, 3.8) is 0 Å². The molecular formula is C14H11ClN2O2. The van der Waals surface area contributed by atoms with Gasteiger partial charge >= 0.3 is 0 Å². The third-order valence-corrected chi connectivity index (χ3v) is 2.67. The van der Waals surface area contributed by atoms with Gasteiger partial charge in [-0.15, -0.1) is 0 Å². The highest BCUT2D eigenvalue weighted by atomic mass is 35.5. The Hall–Kier alpha value is -2.25. The number of nitriles is 1. The number of hydrogen-bond donors (Lipinski definition) is 0. The van der Waals surface area contributed by atoms with Gasteiger partial charge in [0, 0.05) is 17.2 Å². The van der Waals surface area contributed by atoms with Crippen LogP contribution in [0.4, 0.5) is 0 Å². The average Bonchev–Trinajstić information content (AvgIpc) is 2.45. The Balaban J connectivity index is 2.14. The maximum absolute atomic E-state index is 8.98. The fourth-order valence-corrected chi connectivity index (χ4v) is 1.67. The molecule has 0 bridgehead atoms. The summed E-state index contributed by atoms with van der Waals surface area (Å²) in [6.07, 6.45) is 0. The highest BCUT2D eigenvalue weighted by Gasteiger charge is 2.05. The lowest BCUT2D eigenvalue weighted by Crippen LogP contribution is -2.00. The van der Waals surface area contributed by atoms with E-state index >= 15 is 0 Å². The summed E-state index contributed by atoms with van der Waals surface area (Å²) in [5.41, 5.74) is 1.15. The van der Waals surface area contributed by atoms with Crippen LogP contribution in [0.15, 0.2) is 36.4 Å². The van der Waals surface area contributed by atoms with E-state index in [4.69, 9.17) is 26.3 Å². The van der Waals surface area contributed by atoms with E-state index in [1.165, 1.54) is 0 Å². The average molecular weight is 275 g/mol. The quantitative estimate of drug-likeness (QED) is 0.859. The molecule has 1 aromatic carbocycles. The molecule has 0 fully saturated rings. The van der Waals surface area contributed by atoms with Gasteiger partial charge in [-0.1, -0.05) is 17.7 Å². The zero-order valence-corrected chi connectivity index (χ0v) is 11.0. The lowest BCUT2D eigenvalue weighted by atomic mass is 10.2. The first kappa shape index (κ1) is 13.2.